The highest BCUT2D eigenvalue weighted by Crippen LogP contribution is 2.36. The highest BCUT2D eigenvalue weighted by atomic mass is 16.5. The van der Waals surface area contributed by atoms with Crippen molar-refractivity contribution in [1.82, 2.24) is 15.2 Å². The molecular weight excluding hydrogens is 414 g/mol. The quantitative estimate of drug-likeness (QED) is 0.626. The van der Waals surface area contributed by atoms with Crippen molar-refractivity contribution in [3.05, 3.63) is 54.4 Å². The van der Waals surface area contributed by atoms with E-state index < -0.39 is 6.04 Å². The number of hydrogen-bond acceptors (Lipinski definition) is 4. The molecule has 0 spiro atoms. The monoisotopic (exact) mass is 449 g/mol. The SMILES string of the molecule is CC(C)C(=O)N[C@H](C(=O)N1CCC[C@H]1c1cccc(Oc2cccnc2)c1)C1CCCCC1. The molecule has 1 saturated carbocycles. The number of ether oxygens (including phenoxy) is 1. The number of likely N-dealkylation sites (tertiary alicyclic amines) is 1. The molecule has 2 heterocycles. The average molecular weight is 450 g/mol. The third-order valence-corrected chi connectivity index (χ3v) is 6.86. The maximum Gasteiger partial charge on any atom is 0.245 e. The Kier molecular flexibility index (Phi) is 7.63. The Hall–Kier alpha value is -2.89. The standard InChI is InChI=1S/C27H35N3O3/c1-19(2)26(31)29-25(20-9-4-3-5-10-20)27(32)30-16-8-14-24(30)21-11-6-12-22(17-21)33-23-13-7-15-28-18-23/h6-7,11-13,15,17-20,24-25H,3-5,8-10,14,16H2,1-2H3,(H,29,31)/t24-,25-/m0/s1. The van der Waals surface area contributed by atoms with Gasteiger partial charge in [0, 0.05) is 18.7 Å². The number of rotatable bonds is 7. The molecule has 176 valence electrons. The van der Waals surface area contributed by atoms with Gasteiger partial charge in [-0.2, -0.15) is 0 Å². The van der Waals surface area contributed by atoms with Crippen molar-refractivity contribution >= 4 is 11.8 Å². The van der Waals surface area contributed by atoms with Crippen LogP contribution in [0.25, 0.3) is 0 Å². The summed E-state index contributed by atoms with van der Waals surface area (Å²) >= 11 is 0. The third kappa shape index (κ3) is 5.73. The number of amides is 2. The number of benzene rings is 1. The molecule has 1 aromatic heterocycles. The maximum absolute atomic E-state index is 13.8. The molecule has 2 fully saturated rings. The molecule has 2 amide bonds. The molecule has 1 aliphatic heterocycles. The van der Waals surface area contributed by atoms with Gasteiger partial charge in [0.25, 0.3) is 0 Å². The van der Waals surface area contributed by atoms with Crippen molar-refractivity contribution in [2.24, 2.45) is 11.8 Å². The largest absolute Gasteiger partial charge is 0.456 e. The lowest BCUT2D eigenvalue weighted by Gasteiger charge is -2.35. The second-order valence-corrected chi connectivity index (χ2v) is 9.59. The first-order valence-electron chi connectivity index (χ1n) is 12.3. The van der Waals surface area contributed by atoms with Gasteiger partial charge in [0.2, 0.25) is 11.8 Å². The van der Waals surface area contributed by atoms with E-state index in [0.717, 1.165) is 56.4 Å². The Morgan fingerprint density at radius 2 is 1.82 bits per heavy atom. The molecule has 6 heteroatoms. The lowest BCUT2D eigenvalue weighted by atomic mass is 9.83. The molecule has 33 heavy (non-hydrogen) atoms. The molecule has 1 N–H and O–H groups in total. The van der Waals surface area contributed by atoms with Gasteiger partial charge in [-0.3, -0.25) is 14.6 Å². The summed E-state index contributed by atoms with van der Waals surface area (Å²) in [5, 5.41) is 3.12. The summed E-state index contributed by atoms with van der Waals surface area (Å²) in [6.45, 7) is 4.48. The summed E-state index contributed by atoms with van der Waals surface area (Å²) in [7, 11) is 0. The predicted octanol–water partition coefficient (Wildman–Crippen LogP) is 5.26. The van der Waals surface area contributed by atoms with Gasteiger partial charge in [0.05, 0.1) is 12.2 Å². The topological polar surface area (TPSA) is 71.5 Å². The number of hydrogen-bond donors (Lipinski definition) is 1. The fourth-order valence-electron chi connectivity index (χ4n) is 5.05. The van der Waals surface area contributed by atoms with Gasteiger partial charge in [-0.05, 0) is 61.4 Å². The van der Waals surface area contributed by atoms with E-state index in [0.29, 0.717) is 5.75 Å². The van der Waals surface area contributed by atoms with Gasteiger partial charge in [0.15, 0.2) is 0 Å². The van der Waals surface area contributed by atoms with Crippen LogP contribution in [0, 0.1) is 11.8 Å². The Morgan fingerprint density at radius 1 is 1.03 bits per heavy atom. The second-order valence-electron chi connectivity index (χ2n) is 9.59. The molecule has 6 nitrogen and oxygen atoms in total. The van der Waals surface area contributed by atoms with E-state index in [4.69, 9.17) is 4.74 Å². The molecule has 0 unspecified atom stereocenters. The highest BCUT2D eigenvalue weighted by Gasteiger charge is 2.39. The fourth-order valence-corrected chi connectivity index (χ4v) is 5.05. The van der Waals surface area contributed by atoms with E-state index in [1.54, 1.807) is 12.4 Å². The summed E-state index contributed by atoms with van der Waals surface area (Å²) in [4.78, 5) is 32.5. The van der Waals surface area contributed by atoms with Gasteiger partial charge < -0.3 is 15.0 Å². The van der Waals surface area contributed by atoms with E-state index in [1.165, 1.54) is 6.42 Å². The first kappa shape index (κ1) is 23.3. The maximum atomic E-state index is 13.8. The van der Waals surface area contributed by atoms with E-state index in [1.807, 2.05) is 49.1 Å². The Labute approximate surface area is 196 Å². The van der Waals surface area contributed by atoms with Crippen LogP contribution in [0.5, 0.6) is 11.5 Å². The molecule has 2 aromatic rings. The Balaban J connectivity index is 1.53. The Morgan fingerprint density at radius 3 is 2.55 bits per heavy atom. The van der Waals surface area contributed by atoms with Crippen LogP contribution in [-0.4, -0.2) is 34.3 Å². The van der Waals surface area contributed by atoms with Crippen molar-refractivity contribution in [2.75, 3.05) is 6.54 Å². The summed E-state index contributed by atoms with van der Waals surface area (Å²) in [6, 6.07) is 11.3. The molecule has 1 aromatic carbocycles. The number of carbonyl (C=O) groups excluding carboxylic acids is 2. The minimum Gasteiger partial charge on any atom is -0.456 e. The van der Waals surface area contributed by atoms with Crippen LogP contribution in [0.1, 0.15) is 70.4 Å². The van der Waals surface area contributed by atoms with E-state index in [-0.39, 0.29) is 29.7 Å². The van der Waals surface area contributed by atoms with E-state index in [9.17, 15) is 9.59 Å². The lowest BCUT2D eigenvalue weighted by molar-refractivity contribution is -0.140. The van der Waals surface area contributed by atoms with Crippen molar-refractivity contribution in [1.29, 1.82) is 0 Å². The minimum absolute atomic E-state index is 0.00279. The summed E-state index contributed by atoms with van der Waals surface area (Å²) < 4.78 is 5.97. The number of nitrogens with one attached hydrogen (secondary N) is 1. The smallest absolute Gasteiger partial charge is 0.245 e. The number of aromatic nitrogens is 1. The van der Waals surface area contributed by atoms with Crippen molar-refractivity contribution in [3.8, 4) is 11.5 Å². The highest BCUT2D eigenvalue weighted by molar-refractivity contribution is 5.89. The zero-order valence-corrected chi connectivity index (χ0v) is 19.7. The number of pyridine rings is 1. The van der Waals surface area contributed by atoms with Crippen LogP contribution in [0.15, 0.2) is 48.8 Å². The number of carbonyl (C=O) groups is 2. The molecule has 0 bridgehead atoms. The second kappa shape index (κ2) is 10.8. The Bertz CT molecular complexity index is 941. The van der Waals surface area contributed by atoms with Crippen molar-refractivity contribution < 1.29 is 14.3 Å². The van der Waals surface area contributed by atoms with Gasteiger partial charge in [-0.15, -0.1) is 0 Å². The van der Waals surface area contributed by atoms with Crippen LogP contribution >= 0.6 is 0 Å². The van der Waals surface area contributed by atoms with Crippen molar-refractivity contribution in [3.63, 3.8) is 0 Å². The molecule has 0 radical (unpaired) electrons. The minimum atomic E-state index is -0.435. The zero-order valence-electron chi connectivity index (χ0n) is 19.7. The number of nitrogens with zero attached hydrogens (tertiary/aromatic N) is 2. The molecule has 2 aliphatic rings. The van der Waals surface area contributed by atoms with Crippen LogP contribution in [0.4, 0.5) is 0 Å². The van der Waals surface area contributed by atoms with Crippen LogP contribution < -0.4 is 10.1 Å². The molecular formula is C27H35N3O3. The zero-order chi connectivity index (χ0) is 23.2. The molecule has 2 atom stereocenters. The lowest BCUT2D eigenvalue weighted by Crippen LogP contribution is -2.53. The van der Waals surface area contributed by atoms with E-state index in [2.05, 4.69) is 16.4 Å². The van der Waals surface area contributed by atoms with Crippen LogP contribution in [0.3, 0.4) is 0 Å². The summed E-state index contributed by atoms with van der Waals surface area (Å²) in [6.07, 6.45) is 10.7. The molecule has 1 aliphatic carbocycles. The van der Waals surface area contributed by atoms with E-state index >= 15 is 0 Å². The van der Waals surface area contributed by atoms with Crippen LogP contribution in [-0.2, 0) is 9.59 Å². The fraction of sp³-hybridized carbons (Fsp3) is 0.519. The van der Waals surface area contributed by atoms with Gasteiger partial charge in [-0.1, -0.05) is 45.2 Å². The third-order valence-electron chi connectivity index (χ3n) is 6.86. The first-order valence-corrected chi connectivity index (χ1v) is 12.3. The molecule has 4 rings (SSSR count). The van der Waals surface area contributed by atoms with Crippen molar-refractivity contribution in [2.45, 2.75) is 70.9 Å². The first-order chi connectivity index (χ1) is 16.0. The molecule has 1 saturated heterocycles. The average Bonchev–Trinajstić information content (AvgIpc) is 3.33. The van der Waals surface area contributed by atoms with Crippen LogP contribution in [0.2, 0.25) is 0 Å². The van der Waals surface area contributed by atoms with Gasteiger partial charge in [0.1, 0.15) is 17.5 Å². The predicted molar refractivity (Wildman–Crippen MR) is 128 cm³/mol. The van der Waals surface area contributed by atoms with Gasteiger partial charge >= 0.3 is 0 Å². The van der Waals surface area contributed by atoms with Gasteiger partial charge in [-0.25, -0.2) is 0 Å². The normalized spacial score (nSPS) is 20.0. The summed E-state index contributed by atoms with van der Waals surface area (Å²) in [5.74, 6) is 1.52. The summed E-state index contributed by atoms with van der Waals surface area (Å²) in [5.41, 5.74) is 1.07.